The summed E-state index contributed by atoms with van der Waals surface area (Å²) in [6.07, 6.45) is 0.457. The lowest BCUT2D eigenvalue weighted by molar-refractivity contribution is -0.133. The van der Waals surface area contributed by atoms with Crippen molar-refractivity contribution in [2.75, 3.05) is 19.3 Å². The van der Waals surface area contributed by atoms with Crippen LogP contribution < -0.4 is 16.0 Å². The summed E-state index contributed by atoms with van der Waals surface area (Å²) >= 11 is 2.30. The van der Waals surface area contributed by atoms with Crippen molar-refractivity contribution in [3.05, 3.63) is 95.6 Å². The van der Waals surface area contributed by atoms with Crippen molar-refractivity contribution in [3.8, 4) is 11.1 Å². The van der Waals surface area contributed by atoms with Crippen LogP contribution >= 0.6 is 23.5 Å². The smallest absolute Gasteiger partial charge is 0.261 e. The number of thioether (sulfide) groups is 2. The first-order valence-corrected chi connectivity index (χ1v) is 18.5. The number of nitrogens with one attached hydrogen (secondary N) is 3. The summed E-state index contributed by atoms with van der Waals surface area (Å²) in [5.41, 5.74) is 3.30. The third-order valence-corrected chi connectivity index (χ3v) is 10.4. The minimum absolute atomic E-state index is 0.0802. The number of carbonyl (C=O) groups is 6. The first-order valence-electron chi connectivity index (χ1n) is 16.5. The molecule has 1 aliphatic heterocycles. The van der Waals surface area contributed by atoms with Crippen molar-refractivity contribution in [1.29, 1.82) is 0 Å². The summed E-state index contributed by atoms with van der Waals surface area (Å²) in [5, 5.41) is 7.11. The molecule has 0 unspecified atom stereocenters. The van der Waals surface area contributed by atoms with Crippen molar-refractivity contribution in [1.82, 2.24) is 20.9 Å². The van der Waals surface area contributed by atoms with Crippen molar-refractivity contribution < 1.29 is 28.8 Å². The van der Waals surface area contributed by atoms with Gasteiger partial charge in [-0.3, -0.25) is 33.7 Å². The first-order chi connectivity index (χ1) is 23.8. The Bertz CT molecular complexity index is 1670. The second kappa shape index (κ2) is 17.5. The summed E-state index contributed by atoms with van der Waals surface area (Å²) in [7, 11) is 1.50. The SMILES string of the molecule is CNC(=O)[C@@H](NC(=O)[C@H](CSCc1ccc(-c2ccccc2)cc1)NC(=O)[C@@H](CCCN1C(=O)c2ccccc2C1=O)SC(C)=O)C(C)(C)C. The largest absolute Gasteiger partial charge is 0.357 e. The highest BCUT2D eigenvalue weighted by Crippen LogP contribution is 2.26. The molecule has 12 heteroatoms. The quantitative estimate of drug-likeness (QED) is 0.185. The van der Waals surface area contributed by atoms with Crippen LogP contribution in [0.5, 0.6) is 0 Å². The average Bonchev–Trinajstić information content (AvgIpc) is 3.34. The third kappa shape index (κ3) is 10.1. The van der Waals surface area contributed by atoms with Gasteiger partial charge in [0.15, 0.2) is 5.12 Å². The molecule has 1 heterocycles. The van der Waals surface area contributed by atoms with Gasteiger partial charge in [-0.05, 0) is 47.1 Å². The number of rotatable bonds is 15. The average molecular weight is 717 g/mol. The van der Waals surface area contributed by atoms with E-state index in [2.05, 4.69) is 16.0 Å². The second-order valence-electron chi connectivity index (χ2n) is 13.1. The minimum atomic E-state index is -1.02. The molecule has 0 aromatic heterocycles. The predicted octanol–water partition coefficient (Wildman–Crippen LogP) is 5.07. The maximum atomic E-state index is 13.7. The van der Waals surface area contributed by atoms with E-state index < -0.39 is 34.6 Å². The number of likely N-dealkylation sites (N-methyl/N-ethyl adjacent to an activating group) is 1. The number of fused-ring (bicyclic) bond motifs is 1. The maximum Gasteiger partial charge on any atom is 0.261 e. The van der Waals surface area contributed by atoms with Crippen LogP contribution in [0.15, 0.2) is 78.9 Å². The van der Waals surface area contributed by atoms with Gasteiger partial charge in [-0.1, -0.05) is 99.3 Å². The lowest BCUT2D eigenvalue weighted by Crippen LogP contribution is -2.58. The second-order valence-corrected chi connectivity index (χ2v) is 15.5. The van der Waals surface area contributed by atoms with Gasteiger partial charge in [0.25, 0.3) is 11.8 Å². The van der Waals surface area contributed by atoms with E-state index in [1.807, 2.05) is 75.4 Å². The fourth-order valence-corrected chi connectivity index (χ4v) is 7.43. The molecule has 0 fully saturated rings. The molecule has 0 saturated heterocycles. The van der Waals surface area contributed by atoms with Gasteiger partial charge >= 0.3 is 0 Å². The van der Waals surface area contributed by atoms with Gasteiger partial charge in [-0.15, -0.1) is 0 Å². The molecule has 3 atom stereocenters. The monoisotopic (exact) mass is 716 g/mol. The van der Waals surface area contributed by atoms with E-state index in [4.69, 9.17) is 0 Å². The van der Waals surface area contributed by atoms with Crippen LogP contribution in [0.1, 0.15) is 66.8 Å². The van der Waals surface area contributed by atoms with Crippen LogP contribution in [0.25, 0.3) is 11.1 Å². The van der Waals surface area contributed by atoms with Gasteiger partial charge in [-0.2, -0.15) is 11.8 Å². The Morgan fingerprint density at radius 2 is 1.34 bits per heavy atom. The van der Waals surface area contributed by atoms with Crippen LogP contribution in [-0.4, -0.2) is 76.2 Å². The molecule has 0 bridgehead atoms. The van der Waals surface area contributed by atoms with E-state index in [-0.39, 0.29) is 48.0 Å². The van der Waals surface area contributed by atoms with Crippen molar-refractivity contribution in [2.24, 2.45) is 5.41 Å². The number of carbonyl (C=O) groups excluding carboxylic acids is 6. The van der Waals surface area contributed by atoms with E-state index in [9.17, 15) is 28.8 Å². The summed E-state index contributed by atoms with van der Waals surface area (Å²) in [6, 6.07) is 22.9. The van der Waals surface area contributed by atoms with Gasteiger partial charge < -0.3 is 16.0 Å². The molecule has 264 valence electrons. The van der Waals surface area contributed by atoms with Crippen LogP contribution in [0.4, 0.5) is 0 Å². The van der Waals surface area contributed by atoms with Gasteiger partial charge in [0.05, 0.1) is 16.4 Å². The zero-order valence-electron chi connectivity index (χ0n) is 29.0. The zero-order valence-corrected chi connectivity index (χ0v) is 30.6. The Hall–Kier alpha value is -4.42. The maximum absolute atomic E-state index is 13.7. The highest BCUT2D eigenvalue weighted by atomic mass is 32.2. The molecule has 4 rings (SSSR count). The third-order valence-electron chi connectivity index (χ3n) is 8.24. The Balaban J connectivity index is 1.45. The molecule has 1 aliphatic rings. The first kappa shape index (κ1) is 38.4. The van der Waals surface area contributed by atoms with Gasteiger partial charge in [0, 0.05) is 32.0 Å². The van der Waals surface area contributed by atoms with E-state index in [0.717, 1.165) is 33.4 Å². The number of nitrogens with zero attached hydrogens (tertiary/aromatic N) is 1. The van der Waals surface area contributed by atoms with Crippen LogP contribution in [-0.2, 0) is 24.9 Å². The summed E-state index contributed by atoms with van der Waals surface area (Å²) in [4.78, 5) is 79.2. The van der Waals surface area contributed by atoms with Crippen molar-refractivity contribution in [3.63, 3.8) is 0 Å². The number of amides is 5. The Morgan fingerprint density at radius 1 is 0.760 bits per heavy atom. The lowest BCUT2D eigenvalue weighted by atomic mass is 9.86. The zero-order chi connectivity index (χ0) is 36.4. The molecular formula is C38H44N4O6S2. The number of hydrogen-bond acceptors (Lipinski definition) is 8. The molecule has 10 nitrogen and oxygen atoms in total. The number of imide groups is 1. The topological polar surface area (TPSA) is 142 Å². The molecule has 3 N–H and O–H groups in total. The Kier molecular flexibility index (Phi) is 13.4. The van der Waals surface area contributed by atoms with E-state index in [1.54, 1.807) is 24.3 Å². The molecule has 50 heavy (non-hydrogen) atoms. The van der Waals surface area contributed by atoms with Gasteiger partial charge in [-0.25, -0.2) is 0 Å². The fraction of sp³-hybridized carbons (Fsp3) is 0.368. The Labute approximate surface area is 301 Å². The van der Waals surface area contributed by atoms with Crippen LogP contribution in [0.3, 0.4) is 0 Å². The van der Waals surface area contributed by atoms with Gasteiger partial charge in [0.1, 0.15) is 12.1 Å². The normalized spacial score (nSPS) is 14.4. The predicted molar refractivity (Wildman–Crippen MR) is 199 cm³/mol. The highest BCUT2D eigenvalue weighted by Gasteiger charge is 2.37. The molecule has 5 amide bonds. The molecule has 0 saturated carbocycles. The van der Waals surface area contributed by atoms with Crippen LogP contribution in [0, 0.1) is 5.41 Å². The van der Waals surface area contributed by atoms with Gasteiger partial charge in [0.2, 0.25) is 17.7 Å². The summed E-state index contributed by atoms with van der Waals surface area (Å²) < 4.78 is 0. The van der Waals surface area contributed by atoms with Crippen molar-refractivity contribution in [2.45, 2.75) is 63.6 Å². The number of hydrogen-bond donors (Lipinski definition) is 3. The van der Waals surface area contributed by atoms with E-state index in [1.165, 1.54) is 25.7 Å². The molecule has 0 spiro atoms. The van der Waals surface area contributed by atoms with Crippen LogP contribution in [0.2, 0.25) is 0 Å². The van der Waals surface area contributed by atoms with Crippen molar-refractivity contribution >= 4 is 58.2 Å². The number of benzene rings is 3. The lowest BCUT2D eigenvalue weighted by Gasteiger charge is -2.31. The molecule has 3 aromatic rings. The molecule has 0 aliphatic carbocycles. The molecule has 3 aromatic carbocycles. The summed E-state index contributed by atoms with van der Waals surface area (Å²) in [5.74, 6) is -1.41. The summed E-state index contributed by atoms with van der Waals surface area (Å²) in [6.45, 7) is 6.94. The highest BCUT2D eigenvalue weighted by molar-refractivity contribution is 8.14. The molecule has 0 radical (unpaired) electrons. The van der Waals surface area contributed by atoms with E-state index >= 15 is 0 Å². The Morgan fingerprint density at radius 3 is 1.90 bits per heavy atom. The minimum Gasteiger partial charge on any atom is -0.357 e. The standard InChI is InChI=1S/C38H44N4O6S2/c1-24(43)50-31(16-11-21-42-36(47)28-14-9-10-15-29(28)37(42)48)34(45)40-30(33(44)41-32(35(46)39-5)38(2,3)4)23-49-22-25-17-19-27(20-18-25)26-12-7-6-8-13-26/h6-10,12-15,17-20,30-32H,11,16,21-23H2,1-5H3,(H,39,46)(H,40,45)(H,41,44)/t30-,31+,32+/m0/s1. The van der Waals surface area contributed by atoms with E-state index in [0.29, 0.717) is 16.9 Å². The molecular weight excluding hydrogens is 673 g/mol. The fourth-order valence-electron chi connectivity index (χ4n) is 5.55.